The molecular weight excluding hydrogens is 410 g/mol. The normalized spacial score (nSPS) is 11.9. The number of benzene rings is 2. The molecule has 0 fully saturated rings. The standard InChI is InChI=1S/C21H22F2N4O2S/c1-3-29-16-7-4-14(5-8-16)20-25-26-21(30)27(20)11-10-19(28)24-13(2)15-6-9-17(22)18(23)12-15/h4-9,12-13H,3,10-11H2,1-2H3,(H,24,28)(H,26,30). The fourth-order valence-corrected chi connectivity index (χ4v) is 3.23. The molecule has 0 aliphatic heterocycles. The average molecular weight is 432 g/mol. The Morgan fingerprint density at radius 2 is 1.97 bits per heavy atom. The molecule has 1 heterocycles. The van der Waals surface area contributed by atoms with Crippen molar-refractivity contribution in [2.24, 2.45) is 0 Å². The van der Waals surface area contributed by atoms with Gasteiger partial charge in [0, 0.05) is 18.5 Å². The number of hydrogen-bond donors (Lipinski definition) is 2. The van der Waals surface area contributed by atoms with Crippen molar-refractivity contribution in [3.8, 4) is 17.1 Å². The molecule has 0 saturated carbocycles. The number of ether oxygens (including phenoxy) is 1. The van der Waals surface area contributed by atoms with Crippen LogP contribution < -0.4 is 10.1 Å². The fourth-order valence-electron chi connectivity index (χ4n) is 3.00. The summed E-state index contributed by atoms with van der Waals surface area (Å²) in [6, 6.07) is 10.5. The average Bonchev–Trinajstić information content (AvgIpc) is 3.09. The summed E-state index contributed by atoms with van der Waals surface area (Å²) < 4.78 is 34.1. The summed E-state index contributed by atoms with van der Waals surface area (Å²) in [7, 11) is 0. The zero-order chi connectivity index (χ0) is 21.7. The van der Waals surface area contributed by atoms with E-state index in [2.05, 4.69) is 15.5 Å². The molecule has 0 saturated heterocycles. The molecule has 1 unspecified atom stereocenters. The van der Waals surface area contributed by atoms with Crippen LogP contribution in [0.2, 0.25) is 0 Å². The third kappa shape index (κ3) is 5.10. The van der Waals surface area contributed by atoms with Crippen molar-refractivity contribution in [2.45, 2.75) is 32.9 Å². The monoisotopic (exact) mass is 432 g/mol. The Labute approximate surface area is 177 Å². The zero-order valence-corrected chi connectivity index (χ0v) is 17.4. The summed E-state index contributed by atoms with van der Waals surface area (Å²) in [6.45, 7) is 4.52. The second kappa shape index (κ2) is 9.62. The lowest BCUT2D eigenvalue weighted by Crippen LogP contribution is -2.27. The van der Waals surface area contributed by atoms with Crippen molar-refractivity contribution >= 4 is 18.1 Å². The first-order valence-electron chi connectivity index (χ1n) is 9.51. The van der Waals surface area contributed by atoms with Crippen LogP contribution in [0.3, 0.4) is 0 Å². The predicted octanol–water partition coefficient (Wildman–Crippen LogP) is 4.55. The molecule has 6 nitrogen and oxygen atoms in total. The molecule has 0 radical (unpaired) electrons. The number of aromatic amines is 1. The second-order valence-electron chi connectivity index (χ2n) is 6.67. The highest BCUT2D eigenvalue weighted by molar-refractivity contribution is 7.71. The minimum atomic E-state index is -0.946. The number of hydrogen-bond acceptors (Lipinski definition) is 4. The summed E-state index contributed by atoms with van der Waals surface area (Å²) in [5, 5.41) is 9.80. The van der Waals surface area contributed by atoms with Gasteiger partial charge in [0.2, 0.25) is 5.91 Å². The quantitative estimate of drug-likeness (QED) is 0.512. The van der Waals surface area contributed by atoms with E-state index in [0.717, 1.165) is 23.4 Å². The van der Waals surface area contributed by atoms with Gasteiger partial charge in [-0.15, -0.1) is 0 Å². The van der Waals surface area contributed by atoms with Crippen LogP contribution in [-0.4, -0.2) is 27.3 Å². The van der Waals surface area contributed by atoms with Gasteiger partial charge in [-0.3, -0.25) is 14.5 Å². The third-order valence-corrected chi connectivity index (χ3v) is 4.88. The van der Waals surface area contributed by atoms with Crippen molar-refractivity contribution in [3.05, 3.63) is 64.4 Å². The van der Waals surface area contributed by atoms with Gasteiger partial charge in [-0.1, -0.05) is 6.07 Å². The van der Waals surface area contributed by atoms with Crippen LogP contribution in [0.1, 0.15) is 31.9 Å². The Bertz CT molecular complexity index is 1080. The maximum Gasteiger partial charge on any atom is 0.222 e. The van der Waals surface area contributed by atoms with E-state index >= 15 is 0 Å². The number of carbonyl (C=O) groups is 1. The molecule has 2 N–H and O–H groups in total. The molecule has 0 spiro atoms. The minimum Gasteiger partial charge on any atom is -0.494 e. The van der Waals surface area contributed by atoms with Crippen LogP contribution >= 0.6 is 12.2 Å². The van der Waals surface area contributed by atoms with Gasteiger partial charge in [-0.2, -0.15) is 5.10 Å². The molecule has 30 heavy (non-hydrogen) atoms. The van der Waals surface area contributed by atoms with Crippen LogP contribution in [0.15, 0.2) is 42.5 Å². The molecule has 0 aliphatic carbocycles. The topological polar surface area (TPSA) is 71.9 Å². The number of H-pyrrole nitrogens is 1. The number of aromatic nitrogens is 3. The van der Waals surface area contributed by atoms with Gasteiger partial charge in [-0.25, -0.2) is 8.78 Å². The number of amides is 1. The first-order chi connectivity index (χ1) is 14.4. The molecular formula is C21H22F2N4O2S. The number of nitrogens with one attached hydrogen (secondary N) is 2. The fraction of sp³-hybridized carbons (Fsp3) is 0.286. The van der Waals surface area contributed by atoms with Crippen molar-refractivity contribution in [3.63, 3.8) is 0 Å². The first kappa shape index (κ1) is 21.6. The molecule has 1 amide bonds. The lowest BCUT2D eigenvalue weighted by atomic mass is 10.1. The molecule has 0 bridgehead atoms. The lowest BCUT2D eigenvalue weighted by molar-refractivity contribution is -0.121. The van der Waals surface area contributed by atoms with Gasteiger partial charge in [0.05, 0.1) is 12.6 Å². The summed E-state index contributed by atoms with van der Waals surface area (Å²) >= 11 is 5.29. The minimum absolute atomic E-state index is 0.145. The molecule has 0 aliphatic rings. The Morgan fingerprint density at radius 3 is 2.63 bits per heavy atom. The van der Waals surface area contributed by atoms with Crippen molar-refractivity contribution in [1.82, 2.24) is 20.1 Å². The highest BCUT2D eigenvalue weighted by Gasteiger charge is 2.14. The lowest BCUT2D eigenvalue weighted by Gasteiger charge is -2.15. The number of nitrogens with zero attached hydrogens (tertiary/aromatic N) is 2. The smallest absolute Gasteiger partial charge is 0.222 e. The maximum atomic E-state index is 13.4. The largest absolute Gasteiger partial charge is 0.494 e. The van der Waals surface area contributed by atoms with Gasteiger partial charge in [0.25, 0.3) is 0 Å². The van der Waals surface area contributed by atoms with Gasteiger partial charge in [0.15, 0.2) is 22.2 Å². The molecule has 3 rings (SSSR count). The predicted molar refractivity (Wildman–Crippen MR) is 112 cm³/mol. The molecule has 158 valence electrons. The number of carbonyl (C=O) groups excluding carboxylic acids is 1. The van der Waals surface area contributed by atoms with Crippen LogP contribution in [0.4, 0.5) is 8.78 Å². The summed E-state index contributed by atoms with van der Waals surface area (Å²) in [6.07, 6.45) is 0.145. The SMILES string of the molecule is CCOc1ccc(-c2n[nH]c(=S)n2CCC(=O)NC(C)c2ccc(F)c(F)c2)cc1. The van der Waals surface area contributed by atoms with E-state index in [0.29, 0.717) is 29.3 Å². The molecule has 9 heteroatoms. The Kier molecular flexibility index (Phi) is 6.94. The van der Waals surface area contributed by atoms with Crippen LogP contribution in [0.5, 0.6) is 5.75 Å². The molecule has 3 aromatic rings. The molecule has 1 atom stereocenters. The van der Waals surface area contributed by atoms with Crippen LogP contribution in [0.25, 0.3) is 11.4 Å². The highest BCUT2D eigenvalue weighted by atomic mass is 32.1. The van der Waals surface area contributed by atoms with Crippen LogP contribution in [-0.2, 0) is 11.3 Å². The van der Waals surface area contributed by atoms with E-state index in [1.807, 2.05) is 31.2 Å². The van der Waals surface area contributed by atoms with E-state index in [9.17, 15) is 13.6 Å². The first-order valence-corrected chi connectivity index (χ1v) is 9.92. The van der Waals surface area contributed by atoms with E-state index < -0.39 is 17.7 Å². The number of rotatable bonds is 8. The summed E-state index contributed by atoms with van der Waals surface area (Å²) in [5.41, 5.74) is 1.32. The van der Waals surface area contributed by atoms with Gasteiger partial charge >= 0.3 is 0 Å². The van der Waals surface area contributed by atoms with Gasteiger partial charge in [0.1, 0.15) is 5.75 Å². The van der Waals surface area contributed by atoms with Crippen molar-refractivity contribution in [2.75, 3.05) is 6.61 Å². The van der Waals surface area contributed by atoms with Crippen molar-refractivity contribution in [1.29, 1.82) is 0 Å². The van der Waals surface area contributed by atoms with Gasteiger partial charge < -0.3 is 10.1 Å². The Hall–Kier alpha value is -3.07. The zero-order valence-electron chi connectivity index (χ0n) is 16.6. The third-order valence-electron chi connectivity index (χ3n) is 4.57. The van der Waals surface area contributed by atoms with E-state index in [-0.39, 0.29) is 12.3 Å². The molecule has 2 aromatic carbocycles. The van der Waals surface area contributed by atoms with Crippen LogP contribution in [0, 0.1) is 16.4 Å². The second-order valence-corrected chi connectivity index (χ2v) is 7.06. The van der Waals surface area contributed by atoms with Crippen molar-refractivity contribution < 1.29 is 18.3 Å². The van der Waals surface area contributed by atoms with Gasteiger partial charge in [-0.05, 0) is 68.0 Å². The molecule has 1 aromatic heterocycles. The Morgan fingerprint density at radius 1 is 1.23 bits per heavy atom. The highest BCUT2D eigenvalue weighted by Crippen LogP contribution is 2.21. The summed E-state index contributed by atoms with van der Waals surface area (Å²) in [4.78, 5) is 12.4. The van der Waals surface area contributed by atoms with E-state index in [4.69, 9.17) is 17.0 Å². The Balaban J connectivity index is 1.65. The summed E-state index contributed by atoms with van der Waals surface area (Å²) in [5.74, 6) is -0.739. The van der Waals surface area contributed by atoms with E-state index in [1.165, 1.54) is 6.07 Å². The maximum absolute atomic E-state index is 13.4. The van der Waals surface area contributed by atoms with E-state index in [1.54, 1.807) is 11.5 Å². The number of halogens is 2.